The van der Waals surface area contributed by atoms with Gasteiger partial charge in [-0.1, -0.05) is 30.3 Å². The summed E-state index contributed by atoms with van der Waals surface area (Å²) in [5.74, 6) is 0.338. The van der Waals surface area contributed by atoms with Crippen molar-refractivity contribution < 1.29 is 23.7 Å². The summed E-state index contributed by atoms with van der Waals surface area (Å²) in [7, 11) is 0. The fraction of sp³-hybridized carbons (Fsp3) is 0.312. The number of nitrogens with zero attached hydrogens (tertiary/aromatic N) is 1. The number of aromatic amines is 1. The molecule has 0 aliphatic carbocycles. The Morgan fingerprint density at radius 3 is 2.52 bits per heavy atom. The summed E-state index contributed by atoms with van der Waals surface area (Å²) < 4.78 is 20.0. The number of nitrogens with one attached hydrogen (secondary N) is 1. The van der Waals surface area contributed by atoms with Crippen molar-refractivity contribution in [2.24, 2.45) is 0 Å². The maximum atomic E-state index is 11.2. The zero-order valence-corrected chi connectivity index (χ0v) is 13.4. The van der Waals surface area contributed by atoms with Crippen molar-refractivity contribution in [3.8, 4) is 0 Å². The third-order valence-electron chi connectivity index (χ3n) is 2.92. The third-order valence-corrected chi connectivity index (χ3v) is 2.92. The molecular weight excluding hydrogens is 330 g/mol. The van der Waals surface area contributed by atoms with Crippen LogP contribution >= 0.6 is 0 Å². The van der Waals surface area contributed by atoms with Crippen LogP contribution in [0.4, 0.5) is 10.6 Å². The number of ether oxygens (including phenoxy) is 4. The van der Waals surface area contributed by atoms with Gasteiger partial charge in [-0.3, -0.25) is 4.98 Å². The number of hydrogen-bond donors (Lipinski definition) is 2. The fourth-order valence-electron chi connectivity index (χ4n) is 1.78. The van der Waals surface area contributed by atoms with Crippen LogP contribution in [-0.4, -0.2) is 42.2 Å². The van der Waals surface area contributed by atoms with E-state index in [-0.39, 0.29) is 13.2 Å². The van der Waals surface area contributed by atoms with E-state index in [0.717, 1.165) is 5.56 Å². The molecular formula is C16H19N3O6. The van der Waals surface area contributed by atoms with E-state index in [9.17, 15) is 9.59 Å². The Bertz CT molecular complexity index is 700. The number of carbonyl (C=O) groups is 1. The molecule has 1 aliphatic rings. The van der Waals surface area contributed by atoms with Gasteiger partial charge in [-0.2, -0.15) is 0 Å². The van der Waals surface area contributed by atoms with Crippen molar-refractivity contribution in [3.63, 3.8) is 0 Å². The van der Waals surface area contributed by atoms with Gasteiger partial charge in [0.25, 0.3) is 0 Å². The molecule has 3 rings (SSSR count). The number of H-pyrrole nitrogens is 1. The van der Waals surface area contributed by atoms with E-state index < -0.39 is 18.1 Å². The van der Waals surface area contributed by atoms with E-state index >= 15 is 0 Å². The summed E-state index contributed by atoms with van der Waals surface area (Å²) in [4.78, 5) is 27.1. The number of carbonyl (C=O) groups excluding carboxylic acids is 1. The Hall–Kier alpha value is -2.91. The number of anilines is 1. The molecule has 9 heteroatoms. The average molecular weight is 349 g/mol. The Morgan fingerprint density at radius 1 is 1.20 bits per heavy atom. The van der Waals surface area contributed by atoms with Crippen molar-refractivity contribution in [2.45, 2.75) is 12.9 Å². The molecule has 134 valence electrons. The van der Waals surface area contributed by atoms with Crippen LogP contribution in [0.5, 0.6) is 0 Å². The van der Waals surface area contributed by atoms with Gasteiger partial charge in [-0.15, -0.1) is 0 Å². The molecule has 0 bridgehead atoms. The van der Waals surface area contributed by atoms with Crippen LogP contribution in [0.15, 0.2) is 47.4 Å². The molecule has 2 aromatic rings. The highest BCUT2D eigenvalue weighted by molar-refractivity contribution is 5.59. The van der Waals surface area contributed by atoms with Gasteiger partial charge in [-0.25, -0.2) is 14.6 Å². The van der Waals surface area contributed by atoms with E-state index in [1.807, 2.05) is 30.3 Å². The summed E-state index contributed by atoms with van der Waals surface area (Å²) in [5.41, 5.74) is 5.67. The van der Waals surface area contributed by atoms with Gasteiger partial charge in [0.05, 0.1) is 13.2 Å². The lowest BCUT2D eigenvalue weighted by Gasteiger charge is -2.09. The van der Waals surface area contributed by atoms with Crippen molar-refractivity contribution in [2.75, 3.05) is 25.6 Å². The molecule has 1 aromatic carbocycles. The lowest BCUT2D eigenvalue weighted by molar-refractivity contribution is -0.0875. The number of benzene rings is 1. The first-order chi connectivity index (χ1) is 12.1. The maximum Gasteiger partial charge on any atom is 0.508 e. The summed E-state index contributed by atoms with van der Waals surface area (Å²) >= 11 is 0. The second kappa shape index (κ2) is 10.1. The molecule has 1 aromatic heterocycles. The second-order valence-electron chi connectivity index (χ2n) is 4.84. The SMILES string of the molecule is Nc1ccnc(=O)[nH]1.O=C(OCc1ccccc1)OCC1OCCO1. The van der Waals surface area contributed by atoms with Crippen molar-refractivity contribution in [3.05, 3.63) is 58.6 Å². The lowest BCUT2D eigenvalue weighted by Crippen LogP contribution is -2.19. The predicted octanol–water partition coefficient (Wildman–Crippen LogP) is 1.06. The van der Waals surface area contributed by atoms with E-state index in [1.54, 1.807) is 0 Å². The number of nitrogens with two attached hydrogens (primary N) is 1. The average Bonchev–Trinajstić information content (AvgIpc) is 3.13. The first kappa shape index (κ1) is 18.4. The zero-order chi connectivity index (χ0) is 17.9. The molecule has 1 saturated heterocycles. The first-order valence-electron chi connectivity index (χ1n) is 7.51. The van der Waals surface area contributed by atoms with Crippen LogP contribution in [-0.2, 0) is 25.6 Å². The van der Waals surface area contributed by atoms with Crippen molar-refractivity contribution in [1.82, 2.24) is 9.97 Å². The summed E-state index contributed by atoms with van der Waals surface area (Å²) in [6.45, 7) is 1.33. The van der Waals surface area contributed by atoms with Crippen LogP contribution in [0.25, 0.3) is 0 Å². The minimum absolute atomic E-state index is 0.0631. The largest absolute Gasteiger partial charge is 0.508 e. The van der Waals surface area contributed by atoms with Gasteiger partial charge in [0.1, 0.15) is 19.0 Å². The summed E-state index contributed by atoms with van der Waals surface area (Å²) in [5, 5.41) is 0. The molecule has 0 saturated carbocycles. The number of nitrogen functional groups attached to an aromatic ring is 1. The molecule has 1 fully saturated rings. The molecule has 0 amide bonds. The van der Waals surface area contributed by atoms with Gasteiger partial charge in [-0.05, 0) is 11.6 Å². The maximum absolute atomic E-state index is 11.2. The van der Waals surface area contributed by atoms with E-state index in [2.05, 4.69) is 9.97 Å². The number of hydrogen-bond acceptors (Lipinski definition) is 8. The third kappa shape index (κ3) is 7.46. The molecule has 0 spiro atoms. The second-order valence-corrected chi connectivity index (χ2v) is 4.84. The smallest absolute Gasteiger partial charge is 0.429 e. The molecule has 0 unspecified atom stereocenters. The Labute approximate surface area is 143 Å². The number of aromatic nitrogens is 2. The fourth-order valence-corrected chi connectivity index (χ4v) is 1.78. The standard InChI is InChI=1S/C12H14O5.C4H5N3O/c13-12(17-9-11-14-6-7-15-11)16-8-10-4-2-1-3-5-10;5-3-1-2-6-4(8)7-3/h1-5,11H,6-9H2;1-2H,(H3,5,6,7,8). The molecule has 1 aliphatic heterocycles. The molecule has 0 atom stereocenters. The van der Waals surface area contributed by atoms with Crippen LogP contribution in [0.1, 0.15) is 5.56 Å². The zero-order valence-electron chi connectivity index (χ0n) is 13.4. The highest BCUT2D eigenvalue weighted by Crippen LogP contribution is 2.05. The van der Waals surface area contributed by atoms with Crippen molar-refractivity contribution in [1.29, 1.82) is 0 Å². The van der Waals surface area contributed by atoms with Crippen LogP contribution in [0.3, 0.4) is 0 Å². The topological polar surface area (TPSA) is 126 Å². The van der Waals surface area contributed by atoms with Crippen LogP contribution in [0, 0.1) is 0 Å². The monoisotopic (exact) mass is 349 g/mol. The van der Waals surface area contributed by atoms with E-state index in [1.165, 1.54) is 12.3 Å². The van der Waals surface area contributed by atoms with E-state index in [0.29, 0.717) is 19.0 Å². The van der Waals surface area contributed by atoms with Gasteiger partial charge in [0.2, 0.25) is 0 Å². The van der Waals surface area contributed by atoms with E-state index in [4.69, 9.17) is 24.7 Å². The summed E-state index contributed by atoms with van der Waals surface area (Å²) in [6.07, 6.45) is 0.181. The summed E-state index contributed by atoms with van der Waals surface area (Å²) in [6, 6.07) is 10.9. The highest BCUT2D eigenvalue weighted by atomic mass is 16.8. The molecule has 3 N–H and O–H groups in total. The lowest BCUT2D eigenvalue weighted by atomic mass is 10.2. The Morgan fingerprint density at radius 2 is 1.92 bits per heavy atom. The quantitative estimate of drug-likeness (QED) is 0.785. The molecule has 2 heterocycles. The van der Waals surface area contributed by atoms with Crippen molar-refractivity contribution >= 4 is 12.0 Å². The minimum atomic E-state index is -0.715. The van der Waals surface area contributed by atoms with Crippen LogP contribution < -0.4 is 11.4 Å². The highest BCUT2D eigenvalue weighted by Gasteiger charge is 2.18. The first-order valence-corrected chi connectivity index (χ1v) is 7.51. The predicted molar refractivity (Wildman–Crippen MR) is 87.5 cm³/mol. The van der Waals surface area contributed by atoms with Crippen LogP contribution in [0.2, 0.25) is 0 Å². The number of rotatable bonds is 4. The molecule has 25 heavy (non-hydrogen) atoms. The minimum Gasteiger partial charge on any atom is -0.429 e. The Kier molecular flexibility index (Phi) is 7.41. The normalized spacial score (nSPS) is 13.6. The van der Waals surface area contributed by atoms with Gasteiger partial charge in [0.15, 0.2) is 6.29 Å². The van der Waals surface area contributed by atoms with Gasteiger partial charge < -0.3 is 24.7 Å². The van der Waals surface area contributed by atoms with Gasteiger partial charge in [0, 0.05) is 6.20 Å². The molecule has 0 radical (unpaired) electrons. The molecule has 9 nitrogen and oxygen atoms in total. The Balaban J connectivity index is 0.000000236. The van der Waals surface area contributed by atoms with Gasteiger partial charge >= 0.3 is 11.8 Å².